The monoisotopic (exact) mass is 454 g/mol. The van der Waals surface area contributed by atoms with Crippen molar-refractivity contribution in [1.82, 2.24) is 4.90 Å². The van der Waals surface area contributed by atoms with Crippen LogP contribution in [0.15, 0.2) is 16.6 Å². The molecule has 0 heterocycles. The highest BCUT2D eigenvalue weighted by Crippen LogP contribution is 2.36. The molecule has 1 rings (SSSR count). The first-order valence-electron chi connectivity index (χ1n) is 9.02. The van der Waals surface area contributed by atoms with Gasteiger partial charge in [-0.1, -0.05) is 0 Å². The van der Waals surface area contributed by atoms with Crippen molar-refractivity contribution < 1.29 is 23.8 Å². The normalized spacial score (nSPS) is 10.8. The smallest absolute Gasteiger partial charge is 0.306 e. The summed E-state index contributed by atoms with van der Waals surface area (Å²) in [6.07, 6.45) is 0.743. The molecule has 0 unspecified atom stereocenters. The van der Waals surface area contributed by atoms with Crippen molar-refractivity contribution in [1.29, 1.82) is 5.26 Å². The van der Waals surface area contributed by atoms with Crippen LogP contribution in [-0.4, -0.2) is 49.2 Å². The third kappa shape index (κ3) is 8.17. The molecule has 1 aromatic rings. The van der Waals surface area contributed by atoms with E-state index in [1.54, 1.807) is 19.2 Å². The van der Waals surface area contributed by atoms with E-state index in [0.29, 0.717) is 41.1 Å². The summed E-state index contributed by atoms with van der Waals surface area (Å²) in [6.45, 7) is 7.89. The molecule has 0 N–H and O–H groups in total. The molecule has 0 spiro atoms. The van der Waals surface area contributed by atoms with E-state index in [-0.39, 0.29) is 24.9 Å². The van der Waals surface area contributed by atoms with Crippen molar-refractivity contribution >= 4 is 27.8 Å². The van der Waals surface area contributed by atoms with Crippen LogP contribution < -0.4 is 9.47 Å². The van der Waals surface area contributed by atoms with Gasteiger partial charge in [0.25, 0.3) is 5.91 Å². The van der Waals surface area contributed by atoms with Crippen LogP contribution in [0.2, 0.25) is 0 Å². The van der Waals surface area contributed by atoms with Gasteiger partial charge in [0.2, 0.25) is 0 Å². The van der Waals surface area contributed by atoms with Gasteiger partial charge in [0, 0.05) is 26.1 Å². The van der Waals surface area contributed by atoms with Crippen LogP contribution in [0.25, 0.3) is 0 Å². The third-order valence-corrected chi connectivity index (χ3v) is 4.09. The molecule has 1 aromatic carbocycles. The molecule has 0 aromatic heterocycles. The minimum Gasteiger partial charge on any atom is -0.490 e. The number of esters is 1. The zero-order chi connectivity index (χ0) is 21.3. The maximum absolute atomic E-state index is 12.3. The van der Waals surface area contributed by atoms with E-state index in [2.05, 4.69) is 15.9 Å². The van der Waals surface area contributed by atoms with E-state index >= 15 is 0 Å². The molecule has 0 radical (unpaired) electrons. The number of nitriles is 1. The molecule has 154 valence electrons. The fourth-order valence-electron chi connectivity index (χ4n) is 2.26. The number of likely N-dealkylation sites (N-methyl/N-ethyl adjacent to an activating group) is 1. The van der Waals surface area contributed by atoms with Crippen molar-refractivity contribution in [3.63, 3.8) is 0 Å². The van der Waals surface area contributed by atoms with Gasteiger partial charge in [0.15, 0.2) is 18.1 Å². The molecule has 0 fully saturated rings. The number of ether oxygens (including phenoxy) is 3. The quantitative estimate of drug-likeness (QED) is 0.528. The van der Waals surface area contributed by atoms with E-state index in [9.17, 15) is 9.59 Å². The van der Waals surface area contributed by atoms with Crippen LogP contribution in [0.1, 0.15) is 46.1 Å². The summed E-state index contributed by atoms with van der Waals surface area (Å²) >= 11 is 3.35. The van der Waals surface area contributed by atoms with Crippen molar-refractivity contribution in [2.24, 2.45) is 0 Å². The molecule has 0 bridgehead atoms. The summed E-state index contributed by atoms with van der Waals surface area (Å²) in [7, 11) is 1.65. The first kappa shape index (κ1) is 23.8. The first-order valence-corrected chi connectivity index (χ1v) is 9.81. The first-order chi connectivity index (χ1) is 13.1. The summed E-state index contributed by atoms with van der Waals surface area (Å²) in [5, 5.41) is 9.06. The predicted octanol–water partition coefficient (Wildman–Crippen LogP) is 3.68. The molecular formula is C20H27BrN2O5. The Labute approximate surface area is 174 Å². The summed E-state index contributed by atoms with van der Waals surface area (Å²) in [5.41, 5.74) is -0.0902. The molecule has 0 saturated heterocycles. The van der Waals surface area contributed by atoms with E-state index in [1.165, 1.54) is 4.90 Å². The Balaban J connectivity index is 2.58. The number of rotatable bonds is 9. The molecule has 7 nitrogen and oxygen atoms in total. The molecule has 28 heavy (non-hydrogen) atoms. The zero-order valence-electron chi connectivity index (χ0n) is 17.0. The van der Waals surface area contributed by atoms with Gasteiger partial charge in [-0.05, 0) is 56.1 Å². The summed E-state index contributed by atoms with van der Waals surface area (Å²) < 4.78 is 16.9. The lowest BCUT2D eigenvalue weighted by Crippen LogP contribution is -2.33. The van der Waals surface area contributed by atoms with Gasteiger partial charge < -0.3 is 19.1 Å². The maximum atomic E-state index is 12.3. The minimum absolute atomic E-state index is 0.187. The van der Waals surface area contributed by atoms with Gasteiger partial charge in [-0.2, -0.15) is 5.26 Å². The Kier molecular flexibility index (Phi) is 9.26. The van der Waals surface area contributed by atoms with E-state index in [1.807, 2.05) is 33.8 Å². The Morgan fingerprint density at radius 2 is 1.93 bits per heavy atom. The van der Waals surface area contributed by atoms with Crippen LogP contribution in [0.5, 0.6) is 11.5 Å². The van der Waals surface area contributed by atoms with Crippen LogP contribution in [0.3, 0.4) is 0 Å². The van der Waals surface area contributed by atoms with Crippen molar-refractivity contribution in [3.8, 4) is 17.6 Å². The zero-order valence-corrected chi connectivity index (χ0v) is 18.6. The number of hydrogen-bond donors (Lipinski definition) is 0. The van der Waals surface area contributed by atoms with Gasteiger partial charge >= 0.3 is 5.97 Å². The van der Waals surface area contributed by atoms with Crippen LogP contribution in [0.4, 0.5) is 0 Å². The van der Waals surface area contributed by atoms with Crippen molar-refractivity contribution in [3.05, 3.63) is 22.2 Å². The van der Waals surface area contributed by atoms with Gasteiger partial charge in [-0.25, -0.2) is 0 Å². The lowest BCUT2D eigenvalue weighted by molar-refractivity contribution is -0.155. The molecule has 0 aliphatic heterocycles. The van der Waals surface area contributed by atoms with E-state index < -0.39 is 5.60 Å². The van der Waals surface area contributed by atoms with E-state index in [4.69, 9.17) is 19.5 Å². The lowest BCUT2D eigenvalue weighted by atomic mass is 10.2. The second-order valence-corrected chi connectivity index (χ2v) is 7.98. The highest BCUT2D eigenvalue weighted by Gasteiger charge is 2.18. The fourth-order valence-corrected chi connectivity index (χ4v) is 2.81. The Morgan fingerprint density at radius 1 is 1.25 bits per heavy atom. The average Bonchev–Trinajstić information content (AvgIpc) is 2.59. The van der Waals surface area contributed by atoms with E-state index in [0.717, 1.165) is 0 Å². The molecule has 0 aliphatic carbocycles. The summed E-state index contributed by atoms with van der Waals surface area (Å²) in [5.74, 6) is 0.250. The average molecular weight is 455 g/mol. The number of carbonyl (C=O) groups is 2. The SMILES string of the molecule is CCOc1cc(C#N)cc(Br)c1OCC(=O)N(C)CCCC(=O)OC(C)(C)C. The molecule has 1 amide bonds. The predicted molar refractivity (Wildman–Crippen MR) is 108 cm³/mol. The number of benzene rings is 1. The van der Waals surface area contributed by atoms with Crippen LogP contribution >= 0.6 is 15.9 Å². The minimum atomic E-state index is -0.514. The van der Waals surface area contributed by atoms with Crippen molar-refractivity contribution in [2.75, 3.05) is 26.8 Å². The molecule has 0 atom stereocenters. The molecule has 0 aliphatic rings. The highest BCUT2D eigenvalue weighted by atomic mass is 79.9. The van der Waals surface area contributed by atoms with Crippen LogP contribution in [0, 0.1) is 11.3 Å². The van der Waals surface area contributed by atoms with Gasteiger partial charge in [0.05, 0.1) is 22.7 Å². The van der Waals surface area contributed by atoms with Gasteiger partial charge in [0.1, 0.15) is 5.60 Å². The Hall–Kier alpha value is -2.27. The fraction of sp³-hybridized carbons (Fsp3) is 0.550. The summed E-state index contributed by atoms with van der Waals surface area (Å²) in [6, 6.07) is 5.22. The second kappa shape index (κ2) is 10.9. The number of carbonyl (C=O) groups excluding carboxylic acids is 2. The summed E-state index contributed by atoms with van der Waals surface area (Å²) in [4.78, 5) is 25.5. The maximum Gasteiger partial charge on any atom is 0.306 e. The molecule has 8 heteroatoms. The topological polar surface area (TPSA) is 88.9 Å². The van der Waals surface area contributed by atoms with Crippen molar-refractivity contribution in [2.45, 2.75) is 46.1 Å². The second-order valence-electron chi connectivity index (χ2n) is 7.12. The van der Waals surface area contributed by atoms with Gasteiger partial charge in [-0.3, -0.25) is 9.59 Å². The van der Waals surface area contributed by atoms with Crippen LogP contribution in [-0.2, 0) is 14.3 Å². The number of amides is 1. The largest absolute Gasteiger partial charge is 0.490 e. The number of halogens is 1. The van der Waals surface area contributed by atoms with Gasteiger partial charge in [-0.15, -0.1) is 0 Å². The standard InChI is InChI=1S/C20H27BrN2O5/c1-6-26-16-11-14(12-22)10-15(21)19(16)27-13-17(24)23(5)9-7-8-18(25)28-20(2,3)4/h10-11H,6-9,13H2,1-5H3. The third-order valence-electron chi connectivity index (χ3n) is 3.50. The Bertz CT molecular complexity index is 737. The highest BCUT2D eigenvalue weighted by molar-refractivity contribution is 9.10. The lowest BCUT2D eigenvalue weighted by Gasteiger charge is -2.21. The molecule has 0 saturated carbocycles. The Morgan fingerprint density at radius 3 is 2.50 bits per heavy atom. The number of nitrogens with zero attached hydrogens (tertiary/aromatic N) is 2. The number of hydrogen-bond acceptors (Lipinski definition) is 6. The molecular weight excluding hydrogens is 428 g/mol.